The van der Waals surface area contributed by atoms with Crippen molar-refractivity contribution >= 4 is 17.2 Å². The van der Waals surface area contributed by atoms with Crippen molar-refractivity contribution in [1.29, 1.82) is 0 Å². The van der Waals surface area contributed by atoms with Crippen LogP contribution in [0.2, 0.25) is 0 Å². The minimum atomic E-state index is -0.952. The average molecular weight is 340 g/mol. The van der Waals surface area contributed by atoms with Gasteiger partial charge >= 0.3 is 0 Å². The lowest BCUT2D eigenvalue weighted by molar-refractivity contribution is 0.0919. The maximum atomic E-state index is 13.3. The van der Waals surface area contributed by atoms with E-state index in [1.165, 1.54) is 6.07 Å². The van der Waals surface area contributed by atoms with Gasteiger partial charge in [0.2, 0.25) is 0 Å². The molecule has 0 aliphatic heterocycles. The van der Waals surface area contributed by atoms with Gasteiger partial charge in [0.15, 0.2) is 11.6 Å². The summed E-state index contributed by atoms with van der Waals surface area (Å²) >= 11 is 1.12. The van der Waals surface area contributed by atoms with E-state index in [0.717, 1.165) is 23.5 Å². The van der Waals surface area contributed by atoms with Crippen molar-refractivity contribution in [3.8, 4) is 10.6 Å². The molecule has 0 saturated heterocycles. The fourth-order valence-electron chi connectivity index (χ4n) is 1.93. The Balaban J connectivity index is 2.23. The second-order valence-corrected chi connectivity index (χ2v) is 6.48. The zero-order valence-corrected chi connectivity index (χ0v) is 13.9. The molecule has 1 heterocycles. The quantitative estimate of drug-likeness (QED) is 0.879. The Bertz CT molecular complexity index is 718. The van der Waals surface area contributed by atoms with Crippen LogP contribution in [0.4, 0.5) is 8.78 Å². The first-order valence-electron chi connectivity index (χ1n) is 7.18. The van der Waals surface area contributed by atoms with Gasteiger partial charge in [-0.05, 0) is 38.0 Å². The summed E-state index contributed by atoms with van der Waals surface area (Å²) in [6, 6.07) is 3.33. The predicted octanol–water partition coefficient (Wildman–Crippen LogP) is 3.14. The zero-order valence-electron chi connectivity index (χ0n) is 13.1. The Morgan fingerprint density at radius 1 is 1.35 bits per heavy atom. The van der Waals surface area contributed by atoms with Crippen molar-refractivity contribution < 1.29 is 18.7 Å². The highest BCUT2D eigenvalue weighted by Crippen LogP contribution is 2.29. The lowest BCUT2D eigenvalue weighted by Crippen LogP contribution is -2.38. The van der Waals surface area contributed by atoms with Gasteiger partial charge in [-0.1, -0.05) is 6.92 Å². The molecule has 0 spiro atoms. The van der Waals surface area contributed by atoms with E-state index < -0.39 is 11.6 Å². The van der Waals surface area contributed by atoms with Crippen LogP contribution in [0.3, 0.4) is 0 Å². The summed E-state index contributed by atoms with van der Waals surface area (Å²) in [6.07, 6.45) is 0. The molecule has 0 fully saturated rings. The van der Waals surface area contributed by atoms with Gasteiger partial charge in [0.25, 0.3) is 5.91 Å². The van der Waals surface area contributed by atoms with Crippen LogP contribution < -0.4 is 5.32 Å². The van der Waals surface area contributed by atoms with Gasteiger partial charge in [-0.15, -0.1) is 11.3 Å². The van der Waals surface area contributed by atoms with Gasteiger partial charge in [-0.3, -0.25) is 4.79 Å². The number of rotatable bonds is 5. The van der Waals surface area contributed by atoms with E-state index in [1.54, 1.807) is 6.92 Å². The number of benzene rings is 1. The van der Waals surface area contributed by atoms with E-state index in [0.29, 0.717) is 21.1 Å². The third-order valence-corrected chi connectivity index (χ3v) is 4.87. The Labute approximate surface area is 137 Å². The first kappa shape index (κ1) is 17.5. The van der Waals surface area contributed by atoms with Crippen molar-refractivity contribution in [2.75, 3.05) is 6.61 Å². The van der Waals surface area contributed by atoms with Crippen LogP contribution in [0, 0.1) is 24.5 Å². The second-order valence-electron chi connectivity index (χ2n) is 5.48. The molecule has 0 aliphatic carbocycles. The maximum Gasteiger partial charge on any atom is 0.263 e. The van der Waals surface area contributed by atoms with Crippen LogP contribution in [0.1, 0.15) is 29.2 Å². The number of hydrogen-bond acceptors (Lipinski definition) is 4. The largest absolute Gasteiger partial charge is 0.396 e. The number of nitrogens with zero attached hydrogens (tertiary/aromatic N) is 1. The van der Waals surface area contributed by atoms with E-state index in [1.807, 2.05) is 13.8 Å². The number of aliphatic hydroxyl groups excluding tert-OH is 1. The summed E-state index contributed by atoms with van der Waals surface area (Å²) in [7, 11) is 0. The molecular weight excluding hydrogens is 322 g/mol. The number of thiazole rings is 1. The van der Waals surface area contributed by atoms with Crippen molar-refractivity contribution in [1.82, 2.24) is 10.3 Å². The summed E-state index contributed by atoms with van der Waals surface area (Å²) in [6.45, 7) is 5.31. The van der Waals surface area contributed by atoms with Gasteiger partial charge in [-0.25, -0.2) is 13.8 Å². The summed E-state index contributed by atoms with van der Waals surface area (Å²) in [5.41, 5.74) is 0.948. The Kier molecular flexibility index (Phi) is 5.43. The Hall–Kier alpha value is -1.86. The number of aromatic nitrogens is 1. The van der Waals surface area contributed by atoms with Crippen LogP contribution in [-0.4, -0.2) is 28.6 Å². The van der Waals surface area contributed by atoms with Gasteiger partial charge in [0.1, 0.15) is 9.88 Å². The molecule has 23 heavy (non-hydrogen) atoms. The number of aliphatic hydroxyl groups is 1. The van der Waals surface area contributed by atoms with E-state index in [-0.39, 0.29) is 24.5 Å². The number of carbonyl (C=O) groups excluding carboxylic acids is 1. The molecular formula is C16H18F2N2O2S. The predicted molar refractivity (Wildman–Crippen MR) is 85.4 cm³/mol. The van der Waals surface area contributed by atoms with Crippen LogP contribution in [-0.2, 0) is 0 Å². The average Bonchev–Trinajstić information content (AvgIpc) is 2.91. The molecule has 0 radical (unpaired) electrons. The fraction of sp³-hybridized carbons (Fsp3) is 0.375. The molecule has 1 amide bonds. The highest BCUT2D eigenvalue weighted by molar-refractivity contribution is 7.17. The van der Waals surface area contributed by atoms with Crippen LogP contribution >= 0.6 is 11.3 Å². The molecule has 2 unspecified atom stereocenters. The number of carbonyl (C=O) groups is 1. The number of aryl methyl sites for hydroxylation is 1. The first-order valence-corrected chi connectivity index (χ1v) is 7.99. The van der Waals surface area contributed by atoms with Crippen molar-refractivity contribution in [3.05, 3.63) is 40.4 Å². The smallest absolute Gasteiger partial charge is 0.263 e. The molecule has 0 saturated carbocycles. The van der Waals surface area contributed by atoms with Gasteiger partial charge in [0.05, 0.1) is 5.69 Å². The summed E-state index contributed by atoms with van der Waals surface area (Å²) < 4.78 is 26.3. The Morgan fingerprint density at radius 2 is 2.04 bits per heavy atom. The van der Waals surface area contributed by atoms with Crippen LogP contribution in [0.15, 0.2) is 18.2 Å². The molecule has 4 nitrogen and oxygen atoms in total. The number of hydrogen-bond donors (Lipinski definition) is 2. The number of halogens is 2. The Morgan fingerprint density at radius 3 is 2.65 bits per heavy atom. The van der Waals surface area contributed by atoms with Crippen molar-refractivity contribution in [3.63, 3.8) is 0 Å². The standard InChI is InChI=1S/C16H18F2N2O2S/c1-8(7-21)9(2)19-15(22)14-10(3)20-16(23-14)11-4-5-12(17)13(18)6-11/h4-6,8-9,21H,7H2,1-3H3,(H,19,22). The van der Waals surface area contributed by atoms with E-state index in [4.69, 9.17) is 5.11 Å². The van der Waals surface area contributed by atoms with Crippen LogP contribution in [0.5, 0.6) is 0 Å². The van der Waals surface area contributed by atoms with E-state index >= 15 is 0 Å². The third kappa shape index (κ3) is 3.92. The van der Waals surface area contributed by atoms with Gasteiger partial charge < -0.3 is 10.4 Å². The molecule has 2 N–H and O–H groups in total. The molecule has 0 aliphatic rings. The lowest BCUT2D eigenvalue weighted by Gasteiger charge is -2.18. The van der Waals surface area contributed by atoms with Gasteiger partial charge in [0, 0.05) is 18.2 Å². The fourth-order valence-corrected chi connectivity index (χ4v) is 2.90. The lowest BCUT2D eigenvalue weighted by atomic mass is 10.1. The molecule has 1 aromatic heterocycles. The molecule has 1 aromatic carbocycles. The van der Waals surface area contributed by atoms with Crippen molar-refractivity contribution in [2.45, 2.75) is 26.8 Å². The summed E-state index contributed by atoms with van der Waals surface area (Å²) in [4.78, 5) is 17.0. The van der Waals surface area contributed by atoms with E-state index in [2.05, 4.69) is 10.3 Å². The number of nitrogens with one attached hydrogen (secondary N) is 1. The molecule has 0 bridgehead atoms. The second kappa shape index (κ2) is 7.14. The summed E-state index contributed by atoms with van der Waals surface area (Å²) in [5, 5.41) is 12.4. The van der Waals surface area contributed by atoms with Crippen molar-refractivity contribution in [2.24, 2.45) is 5.92 Å². The molecule has 124 valence electrons. The summed E-state index contributed by atoms with van der Waals surface area (Å²) in [5.74, 6) is -2.24. The highest BCUT2D eigenvalue weighted by atomic mass is 32.1. The zero-order chi connectivity index (χ0) is 17.1. The number of amides is 1. The van der Waals surface area contributed by atoms with Crippen LogP contribution in [0.25, 0.3) is 10.6 Å². The minimum Gasteiger partial charge on any atom is -0.396 e. The normalized spacial score (nSPS) is 13.7. The van der Waals surface area contributed by atoms with Gasteiger partial charge in [-0.2, -0.15) is 0 Å². The SMILES string of the molecule is Cc1nc(-c2ccc(F)c(F)c2)sc1C(=O)NC(C)C(C)CO. The minimum absolute atomic E-state index is 0.0246. The first-order chi connectivity index (χ1) is 10.8. The third-order valence-electron chi connectivity index (χ3n) is 3.67. The molecule has 2 atom stereocenters. The highest BCUT2D eigenvalue weighted by Gasteiger charge is 2.20. The maximum absolute atomic E-state index is 13.3. The van der Waals surface area contributed by atoms with E-state index in [9.17, 15) is 13.6 Å². The molecule has 7 heteroatoms. The molecule has 2 rings (SSSR count). The topological polar surface area (TPSA) is 62.2 Å². The monoisotopic (exact) mass is 340 g/mol. The molecule has 2 aromatic rings.